The van der Waals surface area contributed by atoms with E-state index in [0.29, 0.717) is 0 Å². The number of hydrogen-bond acceptors (Lipinski definition) is 6. The lowest BCUT2D eigenvalue weighted by Gasteiger charge is -2.33. The molecule has 9 nitrogen and oxygen atoms in total. The molecule has 3 aliphatic heterocycles. The van der Waals surface area contributed by atoms with Crippen LogP contribution in [0, 0.1) is 0 Å². The summed E-state index contributed by atoms with van der Waals surface area (Å²) in [6, 6.07) is 172. The lowest BCUT2D eigenvalue weighted by atomic mass is 9.86. The molecule has 6 heterocycles. The fourth-order valence-corrected chi connectivity index (χ4v) is 22.0. The lowest BCUT2D eigenvalue weighted by Crippen LogP contribution is -2.18. The molecule has 26 aromatic rings. The van der Waals surface area contributed by atoms with E-state index in [0.717, 1.165) is 136 Å². The minimum absolute atomic E-state index is 0.958. The van der Waals surface area contributed by atoms with E-state index in [2.05, 4.69) is 508 Å². The van der Waals surface area contributed by atoms with E-state index in [1.165, 1.54) is 120 Å². The molecule has 0 radical (unpaired) electrons. The van der Waals surface area contributed by atoms with Gasteiger partial charge in [-0.25, -0.2) is 15.0 Å². The van der Waals surface area contributed by atoms with Crippen molar-refractivity contribution in [2.75, 3.05) is 14.7 Å². The van der Waals surface area contributed by atoms with Crippen LogP contribution in [0.4, 0.5) is 51.2 Å². The van der Waals surface area contributed by atoms with Crippen LogP contribution in [-0.2, 0) is 0 Å². The van der Waals surface area contributed by atoms with Crippen LogP contribution < -0.4 is 14.7 Å². The van der Waals surface area contributed by atoms with E-state index in [-0.39, 0.29) is 0 Å². The van der Waals surface area contributed by atoms with Gasteiger partial charge >= 0.3 is 0 Å². The van der Waals surface area contributed by atoms with E-state index in [4.69, 9.17) is 15.0 Å². The summed E-state index contributed by atoms with van der Waals surface area (Å²) in [5.41, 5.74) is 30.8. The highest BCUT2D eigenvalue weighted by molar-refractivity contribution is 6.27. The normalized spacial score (nSPS) is 12.3. The molecule has 3 aliphatic rings. The summed E-state index contributed by atoms with van der Waals surface area (Å²) >= 11 is 0. The summed E-state index contributed by atoms with van der Waals surface area (Å²) in [7, 11) is 0. The Morgan fingerprint density at radius 1 is 0.149 bits per heavy atom. The second kappa shape index (κ2) is 30.9. The zero-order chi connectivity index (χ0) is 88.0. The number of aromatic nitrogens is 6. The van der Waals surface area contributed by atoms with Crippen molar-refractivity contribution >= 4 is 170 Å². The average Bonchev–Trinajstić information content (AvgIpc) is 1.51. The van der Waals surface area contributed by atoms with Gasteiger partial charge in [0.2, 0.25) is 0 Å². The topological polar surface area (TPSA) is 63.2 Å². The van der Waals surface area contributed by atoms with Crippen molar-refractivity contribution in [1.29, 1.82) is 0 Å². The molecular formula is C125H79N9. The molecule has 0 amide bonds. The maximum absolute atomic E-state index is 5.47. The summed E-state index contributed by atoms with van der Waals surface area (Å²) in [5.74, 6) is 2.88. The molecule has 624 valence electrons. The Morgan fingerprint density at radius 2 is 0.403 bits per heavy atom. The van der Waals surface area contributed by atoms with Crippen LogP contribution in [0.2, 0.25) is 0 Å². The number of rotatable bonds is 9. The summed E-state index contributed by atoms with van der Waals surface area (Å²) < 4.78 is 7.17. The van der Waals surface area contributed by atoms with Gasteiger partial charge in [0.25, 0.3) is 0 Å². The van der Waals surface area contributed by atoms with Crippen molar-refractivity contribution in [2.45, 2.75) is 0 Å². The molecule has 0 bridgehead atoms. The number of para-hydroxylation sites is 12. The van der Waals surface area contributed by atoms with Crippen molar-refractivity contribution in [3.05, 3.63) is 479 Å². The highest BCUT2D eigenvalue weighted by Gasteiger charge is 2.36. The van der Waals surface area contributed by atoms with Gasteiger partial charge in [0.1, 0.15) is 17.5 Å². The molecule has 134 heavy (non-hydrogen) atoms. The highest BCUT2D eigenvalue weighted by atomic mass is 15.3. The van der Waals surface area contributed by atoms with Crippen LogP contribution in [-0.4, -0.2) is 28.7 Å². The molecule has 0 aliphatic carbocycles. The Labute approximate surface area is 772 Å². The first-order valence-electron chi connectivity index (χ1n) is 45.8. The molecule has 3 aromatic heterocycles. The minimum atomic E-state index is 0.958. The number of anilines is 9. The smallest absolute Gasteiger partial charge is 0.147 e. The molecule has 29 rings (SSSR count). The Bertz CT molecular complexity index is 9120. The SMILES string of the molecule is c1ccc(-c2c3ccccc3c(-c3nc4cccc5c4n3-c3ccccc3N5c3ccccc3)c3ccccc23)cc1.c1ccc(N2c3ccccc3-n3c(-c4c5ccccc5c(-c5ccc6ccccc6c5)c5ccccc45)nc4cccc2c43)cc1.c1ccc(N2c3ccccc3-n3c(-c4c5ccccc5c(-c5cccc6ccccc56)c5ccccc45)nc4cccc2c43)cc1. The fourth-order valence-electron chi connectivity index (χ4n) is 22.0. The first-order valence-corrected chi connectivity index (χ1v) is 45.8. The Balaban J connectivity index is 0.000000102. The molecular weight excluding hydrogens is 1630 g/mol. The second-order valence-electron chi connectivity index (χ2n) is 34.7. The summed E-state index contributed by atoms with van der Waals surface area (Å²) in [6.07, 6.45) is 0. The third-order valence-corrected chi connectivity index (χ3v) is 27.4. The van der Waals surface area contributed by atoms with E-state index in [1.807, 2.05) is 0 Å². The highest BCUT2D eigenvalue weighted by Crippen LogP contribution is 2.57. The molecule has 0 saturated carbocycles. The average molecular weight is 1710 g/mol. The van der Waals surface area contributed by atoms with Gasteiger partial charge in [0.05, 0.1) is 84.3 Å². The van der Waals surface area contributed by atoms with Gasteiger partial charge in [-0.2, -0.15) is 0 Å². The predicted molar refractivity (Wildman–Crippen MR) is 561 cm³/mol. The number of fused-ring (bicyclic) bond motifs is 14. The third-order valence-electron chi connectivity index (χ3n) is 27.4. The van der Waals surface area contributed by atoms with Gasteiger partial charge in [-0.3, -0.25) is 13.7 Å². The van der Waals surface area contributed by atoms with Gasteiger partial charge in [0, 0.05) is 33.8 Å². The van der Waals surface area contributed by atoms with E-state index >= 15 is 0 Å². The van der Waals surface area contributed by atoms with Crippen molar-refractivity contribution in [3.8, 4) is 84.6 Å². The Kier molecular flexibility index (Phi) is 17.5. The fraction of sp³-hybridized carbons (Fsp3) is 0. The predicted octanol–water partition coefficient (Wildman–Crippen LogP) is 33.7. The molecule has 0 fully saturated rings. The van der Waals surface area contributed by atoms with Gasteiger partial charge in [-0.05, 0) is 235 Å². The van der Waals surface area contributed by atoms with Crippen molar-refractivity contribution < 1.29 is 0 Å². The molecule has 0 N–H and O–H groups in total. The summed E-state index contributed by atoms with van der Waals surface area (Å²) in [4.78, 5) is 23.4. The van der Waals surface area contributed by atoms with Crippen LogP contribution in [0.15, 0.2) is 479 Å². The second-order valence-corrected chi connectivity index (χ2v) is 34.7. The van der Waals surface area contributed by atoms with E-state index in [9.17, 15) is 0 Å². The van der Waals surface area contributed by atoms with Crippen LogP contribution in [0.25, 0.3) is 204 Å². The van der Waals surface area contributed by atoms with E-state index in [1.54, 1.807) is 0 Å². The summed E-state index contributed by atoms with van der Waals surface area (Å²) in [5, 5.41) is 19.5. The first kappa shape index (κ1) is 76.0. The number of nitrogens with zero attached hydrogens (tertiary/aromatic N) is 9. The maximum Gasteiger partial charge on any atom is 0.147 e. The van der Waals surface area contributed by atoms with Crippen molar-refractivity contribution in [2.24, 2.45) is 0 Å². The van der Waals surface area contributed by atoms with E-state index < -0.39 is 0 Å². The Hall–Kier alpha value is -18.1. The zero-order valence-corrected chi connectivity index (χ0v) is 72.6. The monoisotopic (exact) mass is 1710 g/mol. The van der Waals surface area contributed by atoms with Crippen LogP contribution in [0.5, 0.6) is 0 Å². The molecule has 0 atom stereocenters. The molecule has 0 saturated heterocycles. The molecule has 9 heteroatoms. The maximum atomic E-state index is 5.47. The largest absolute Gasteiger partial charge is 0.306 e. The number of benzene rings is 23. The molecule has 23 aromatic carbocycles. The van der Waals surface area contributed by atoms with Gasteiger partial charge in [-0.1, -0.05) is 364 Å². The standard InChI is InChI=1S/2C43H27N3.C39H25N3/c1-2-16-29(17-3-1)45-37-25-10-11-26-38(37)46-42-36(24-13-27-39(42)45)44-43(46)41-34-21-8-6-19-32(34)40(33-20-7-9-22-35(33)41)31-23-12-15-28-14-4-5-18-30(28)31;1-2-15-31(16-3-1)45-37-22-10-11-23-38(37)46-42-36(21-12-24-39(42)45)44-43(46)41-34-19-8-6-17-32(34)40(33-18-7-9-20-35(33)41)30-26-25-28-13-4-5-14-29(28)27-30;1-3-14-26(15-4-1)36-28-18-7-9-20-30(28)37(31-21-10-8-19-29(31)36)39-40-32-22-13-25-35-38(32)42(39)34-24-12-11-23-33(34)41(35)27-16-5-2-6-17-27/h2*1-27H;1-25H. The van der Waals surface area contributed by atoms with Crippen LogP contribution in [0.3, 0.4) is 0 Å². The van der Waals surface area contributed by atoms with Gasteiger partial charge in [0.15, 0.2) is 0 Å². The van der Waals surface area contributed by atoms with Crippen molar-refractivity contribution in [3.63, 3.8) is 0 Å². The van der Waals surface area contributed by atoms with Crippen molar-refractivity contribution in [1.82, 2.24) is 28.7 Å². The van der Waals surface area contributed by atoms with Crippen LogP contribution >= 0.6 is 0 Å². The summed E-state index contributed by atoms with van der Waals surface area (Å²) in [6.45, 7) is 0. The Morgan fingerprint density at radius 3 is 0.761 bits per heavy atom. The van der Waals surface area contributed by atoms with Gasteiger partial charge < -0.3 is 14.7 Å². The molecule has 0 unspecified atom stereocenters. The minimum Gasteiger partial charge on any atom is -0.306 e. The first-order chi connectivity index (χ1) is 66.6. The number of imidazole rings is 3. The van der Waals surface area contributed by atoms with Gasteiger partial charge in [-0.15, -0.1) is 0 Å². The van der Waals surface area contributed by atoms with Crippen LogP contribution in [0.1, 0.15) is 0 Å². The molecule has 0 spiro atoms. The number of hydrogen-bond donors (Lipinski definition) is 0. The zero-order valence-electron chi connectivity index (χ0n) is 72.6. The third kappa shape index (κ3) is 11.7. The lowest BCUT2D eigenvalue weighted by molar-refractivity contribution is 1.07. The quantitative estimate of drug-likeness (QED) is 0.134.